The molecule has 0 fully saturated rings. The van der Waals surface area contributed by atoms with Gasteiger partial charge in [-0.15, -0.1) is 0 Å². The monoisotopic (exact) mass is 306 g/mol. The van der Waals surface area contributed by atoms with Crippen molar-refractivity contribution in [2.45, 2.75) is 59.5 Å². The van der Waals surface area contributed by atoms with Crippen LogP contribution < -0.4 is 4.74 Å². The number of rotatable bonds is 8. The van der Waals surface area contributed by atoms with E-state index in [0.717, 1.165) is 23.3 Å². The first kappa shape index (κ1) is 18.2. The highest BCUT2D eigenvalue weighted by Crippen LogP contribution is 2.23. The number of esters is 1. The summed E-state index contributed by atoms with van der Waals surface area (Å²) in [6.45, 7) is 7.47. The Balaban J connectivity index is 2.63. The van der Waals surface area contributed by atoms with Crippen LogP contribution >= 0.6 is 0 Å². The molecule has 0 aliphatic rings. The van der Waals surface area contributed by atoms with Crippen LogP contribution in [0.2, 0.25) is 0 Å². The van der Waals surface area contributed by atoms with E-state index in [2.05, 4.69) is 0 Å². The summed E-state index contributed by atoms with van der Waals surface area (Å²) in [7, 11) is 1.60. The van der Waals surface area contributed by atoms with Crippen LogP contribution in [-0.4, -0.2) is 25.0 Å². The highest BCUT2D eigenvalue weighted by Gasteiger charge is 2.18. The van der Waals surface area contributed by atoms with Crippen LogP contribution in [0, 0.1) is 13.8 Å². The third kappa shape index (κ3) is 5.17. The zero-order chi connectivity index (χ0) is 16.7. The largest absolute Gasteiger partial charge is 0.497 e. The predicted molar refractivity (Wildman–Crippen MR) is 86.5 cm³/mol. The van der Waals surface area contributed by atoms with Crippen molar-refractivity contribution in [3.63, 3.8) is 0 Å². The average molecular weight is 306 g/mol. The first-order valence-electron chi connectivity index (χ1n) is 7.76. The number of benzene rings is 1. The van der Waals surface area contributed by atoms with Crippen LogP contribution in [0.1, 0.15) is 61.0 Å². The van der Waals surface area contributed by atoms with Gasteiger partial charge >= 0.3 is 5.97 Å². The Morgan fingerprint density at radius 3 is 2.27 bits per heavy atom. The Morgan fingerprint density at radius 2 is 1.77 bits per heavy atom. The van der Waals surface area contributed by atoms with Crippen molar-refractivity contribution in [3.05, 3.63) is 28.8 Å². The first-order chi connectivity index (χ1) is 10.4. The minimum absolute atomic E-state index is 0.196. The number of carbonyl (C=O) groups excluding carboxylic acids is 2. The van der Waals surface area contributed by atoms with Gasteiger partial charge in [0.2, 0.25) is 0 Å². The summed E-state index contributed by atoms with van der Waals surface area (Å²) in [6.07, 6.45) is 2.38. The van der Waals surface area contributed by atoms with Crippen molar-refractivity contribution in [3.8, 4) is 5.75 Å². The zero-order valence-corrected chi connectivity index (χ0v) is 14.2. The van der Waals surface area contributed by atoms with Gasteiger partial charge in [-0.25, -0.2) is 4.79 Å². The maximum Gasteiger partial charge on any atom is 0.338 e. The van der Waals surface area contributed by atoms with Gasteiger partial charge in [-0.3, -0.25) is 4.79 Å². The Bertz CT molecular complexity index is 511. The van der Waals surface area contributed by atoms with Crippen molar-refractivity contribution in [2.24, 2.45) is 0 Å². The second-order valence-corrected chi connectivity index (χ2v) is 5.64. The van der Waals surface area contributed by atoms with Crippen LogP contribution in [0.3, 0.4) is 0 Å². The summed E-state index contributed by atoms with van der Waals surface area (Å²) in [5.41, 5.74) is 2.28. The lowest BCUT2D eigenvalue weighted by atomic mass is 10.0. The van der Waals surface area contributed by atoms with E-state index in [4.69, 9.17) is 9.47 Å². The molecule has 1 aromatic rings. The molecule has 0 spiro atoms. The molecule has 22 heavy (non-hydrogen) atoms. The Kier molecular flexibility index (Phi) is 7.09. The minimum atomic E-state index is -0.313. The Labute approximate surface area is 132 Å². The Hall–Kier alpha value is -1.84. The maximum atomic E-state index is 12.3. The molecule has 0 N–H and O–H groups in total. The third-order valence-electron chi connectivity index (χ3n) is 3.71. The minimum Gasteiger partial charge on any atom is -0.497 e. The number of ketones is 1. The van der Waals surface area contributed by atoms with Gasteiger partial charge in [0.15, 0.2) is 0 Å². The SMILES string of the molecule is CCC(=O)CCCC(C)OC(=O)c1c(C)cc(OC)cc1C. The zero-order valence-electron chi connectivity index (χ0n) is 14.2. The molecule has 0 aromatic heterocycles. The molecule has 0 saturated heterocycles. The van der Waals surface area contributed by atoms with E-state index < -0.39 is 0 Å². The molecule has 4 nitrogen and oxygen atoms in total. The van der Waals surface area contributed by atoms with E-state index in [1.807, 2.05) is 39.8 Å². The van der Waals surface area contributed by atoms with E-state index in [1.54, 1.807) is 7.11 Å². The van der Waals surface area contributed by atoms with Crippen molar-refractivity contribution < 1.29 is 19.1 Å². The van der Waals surface area contributed by atoms with Crippen molar-refractivity contribution in [1.82, 2.24) is 0 Å². The van der Waals surface area contributed by atoms with Gasteiger partial charge in [0.1, 0.15) is 11.5 Å². The topological polar surface area (TPSA) is 52.6 Å². The van der Waals surface area contributed by atoms with E-state index >= 15 is 0 Å². The van der Waals surface area contributed by atoms with Crippen molar-refractivity contribution >= 4 is 11.8 Å². The van der Waals surface area contributed by atoms with Gasteiger partial charge in [-0.2, -0.15) is 0 Å². The van der Waals surface area contributed by atoms with E-state index in [1.165, 1.54) is 0 Å². The molecule has 0 radical (unpaired) electrons. The fourth-order valence-corrected chi connectivity index (χ4v) is 2.43. The molecule has 0 aliphatic carbocycles. The van der Waals surface area contributed by atoms with Gasteiger partial charge in [0.25, 0.3) is 0 Å². The van der Waals surface area contributed by atoms with Gasteiger partial charge in [0.05, 0.1) is 18.8 Å². The second kappa shape index (κ2) is 8.57. The van der Waals surface area contributed by atoms with Crippen molar-refractivity contribution in [1.29, 1.82) is 0 Å². The van der Waals surface area contributed by atoms with E-state index in [9.17, 15) is 9.59 Å². The fourth-order valence-electron chi connectivity index (χ4n) is 2.43. The predicted octanol–water partition coefficient (Wildman–Crippen LogP) is 4.01. The number of ether oxygens (including phenoxy) is 2. The molecule has 0 bridgehead atoms. The maximum absolute atomic E-state index is 12.3. The molecule has 1 rings (SSSR count). The number of Topliss-reactive ketones (excluding diaryl/α,β-unsaturated/α-hetero) is 1. The lowest BCUT2D eigenvalue weighted by molar-refractivity contribution is -0.118. The molecule has 0 amide bonds. The third-order valence-corrected chi connectivity index (χ3v) is 3.71. The standard InChI is InChI=1S/C18H26O4/c1-6-15(19)9-7-8-14(4)22-18(20)17-12(2)10-16(21-5)11-13(17)3/h10-11,14H,6-9H2,1-5H3. The highest BCUT2D eigenvalue weighted by molar-refractivity contribution is 5.93. The average Bonchev–Trinajstić information content (AvgIpc) is 2.45. The molecule has 0 heterocycles. The summed E-state index contributed by atoms with van der Waals surface area (Å²) in [4.78, 5) is 23.6. The molecule has 1 unspecified atom stereocenters. The van der Waals surface area contributed by atoms with Crippen LogP contribution in [0.15, 0.2) is 12.1 Å². The summed E-state index contributed by atoms with van der Waals surface area (Å²) < 4.78 is 10.7. The molecule has 1 atom stereocenters. The Morgan fingerprint density at radius 1 is 1.18 bits per heavy atom. The lowest BCUT2D eigenvalue weighted by Gasteiger charge is -2.16. The van der Waals surface area contributed by atoms with Crippen LogP contribution in [0.5, 0.6) is 5.75 Å². The lowest BCUT2D eigenvalue weighted by Crippen LogP contribution is -2.17. The van der Waals surface area contributed by atoms with Gasteiger partial charge < -0.3 is 9.47 Å². The van der Waals surface area contributed by atoms with E-state index in [-0.39, 0.29) is 17.9 Å². The number of carbonyl (C=O) groups is 2. The summed E-state index contributed by atoms with van der Waals surface area (Å²) in [6, 6.07) is 3.66. The smallest absolute Gasteiger partial charge is 0.338 e. The second-order valence-electron chi connectivity index (χ2n) is 5.64. The van der Waals surface area contributed by atoms with Gasteiger partial charge in [-0.1, -0.05) is 6.92 Å². The molecule has 1 aromatic carbocycles. The highest BCUT2D eigenvalue weighted by atomic mass is 16.5. The molecule has 0 aliphatic heterocycles. The van der Waals surface area contributed by atoms with Gasteiger partial charge in [0, 0.05) is 12.8 Å². The number of hydrogen-bond acceptors (Lipinski definition) is 4. The molecular weight excluding hydrogens is 280 g/mol. The number of aryl methyl sites for hydroxylation is 2. The fraction of sp³-hybridized carbons (Fsp3) is 0.556. The quantitative estimate of drug-likeness (QED) is 0.681. The summed E-state index contributed by atoms with van der Waals surface area (Å²) in [5, 5.41) is 0. The van der Waals surface area contributed by atoms with Crippen LogP contribution in [0.25, 0.3) is 0 Å². The molecule has 0 saturated carbocycles. The van der Waals surface area contributed by atoms with E-state index in [0.29, 0.717) is 24.8 Å². The normalized spacial score (nSPS) is 11.9. The van der Waals surface area contributed by atoms with Crippen molar-refractivity contribution in [2.75, 3.05) is 7.11 Å². The summed E-state index contributed by atoms with van der Waals surface area (Å²) >= 11 is 0. The molecular formula is C18H26O4. The first-order valence-corrected chi connectivity index (χ1v) is 7.76. The molecule has 4 heteroatoms. The summed E-state index contributed by atoms with van der Waals surface area (Å²) in [5.74, 6) is 0.671. The number of methoxy groups -OCH3 is 1. The van der Waals surface area contributed by atoms with Crippen LogP contribution in [0.4, 0.5) is 0 Å². The van der Waals surface area contributed by atoms with Gasteiger partial charge in [-0.05, 0) is 56.9 Å². The molecule has 122 valence electrons. The number of hydrogen-bond donors (Lipinski definition) is 0. The van der Waals surface area contributed by atoms with Crippen LogP contribution in [-0.2, 0) is 9.53 Å².